The molecule has 1 aliphatic rings. The van der Waals surface area contributed by atoms with Gasteiger partial charge < -0.3 is 10.1 Å². The van der Waals surface area contributed by atoms with Crippen LogP contribution in [0.4, 0.5) is 5.69 Å². The zero-order valence-corrected chi connectivity index (χ0v) is 17.1. The summed E-state index contributed by atoms with van der Waals surface area (Å²) in [6.07, 6.45) is 2.92. The molecule has 1 aliphatic heterocycles. The highest BCUT2D eigenvalue weighted by Gasteiger charge is 2.26. The molecule has 0 radical (unpaired) electrons. The van der Waals surface area contributed by atoms with E-state index in [0.717, 1.165) is 0 Å². The van der Waals surface area contributed by atoms with Crippen LogP contribution >= 0.6 is 23.2 Å². The summed E-state index contributed by atoms with van der Waals surface area (Å²) in [5.74, 6) is -0.366. The van der Waals surface area contributed by atoms with Gasteiger partial charge in [0.2, 0.25) is 15.9 Å². The molecule has 0 atom stereocenters. The van der Waals surface area contributed by atoms with Crippen LogP contribution in [-0.4, -0.2) is 44.9 Å². The minimum absolute atomic E-state index is 0.177. The molecule has 1 amide bonds. The van der Waals surface area contributed by atoms with Crippen LogP contribution in [0.15, 0.2) is 53.4 Å². The predicted molar refractivity (Wildman–Crippen MR) is 110 cm³/mol. The van der Waals surface area contributed by atoms with E-state index in [1.165, 1.54) is 22.5 Å². The lowest BCUT2D eigenvalue weighted by molar-refractivity contribution is -0.111. The Labute approximate surface area is 173 Å². The zero-order chi connectivity index (χ0) is 20.1. The predicted octanol–water partition coefficient (Wildman–Crippen LogP) is 3.67. The van der Waals surface area contributed by atoms with E-state index in [-0.39, 0.29) is 10.8 Å². The molecule has 0 aliphatic carbocycles. The van der Waals surface area contributed by atoms with Gasteiger partial charge in [-0.3, -0.25) is 4.79 Å². The Bertz CT molecular complexity index is 985. The highest BCUT2D eigenvalue weighted by molar-refractivity contribution is 7.89. The van der Waals surface area contributed by atoms with E-state index in [1.54, 1.807) is 36.4 Å². The van der Waals surface area contributed by atoms with E-state index in [9.17, 15) is 13.2 Å². The first-order valence-electron chi connectivity index (χ1n) is 8.48. The molecule has 2 aromatic rings. The molecule has 9 heteroatoms. The Balaban J connectivity index is 1.65. The van der Waals surface area contributed by atoms with Crippen molar-refractivity contribution >= 4 is 50.9 Å². The standard InChI is InChI=1S/C19H18Cl2N2O4S/c20-15-3-1-14(18(21)13-15)2-8-19(24)22-16-4-6-17(7-5-16)28(25,26)23-9-11-27-12-10-23/h1-8,13H,9-12H2,(H,22,24)/b8-2+. The molecule has 0 saturated carbocycles. The third-order valence-electron chi connectivity index (χ3n) is 4.11. The number of ether oxygens (including phenoxy) is 1. The van der Waals surface area contributed by atoms with Crippen molar-refractivity contribution in [2.45, 2.75) is 4.90 Å². The van der Waals surface area contributed by atoms with Gasteiger partial charge in [0.05, 0.1) is 18.1 Å². The molecular weight excluding hydrogens is 423 g/mol. The molecule has 0 spiro atoms. The summed E-state index contributed by atoms with van der Waals surface area (Å²) in [5, 5.41) is 3.63. The maximum atomic E-state index is 12.6. The van der Waals surface area contributed by atoms with Gasteiger partial charge in [-0.15, -0.1) is 0 Å². The summed E-state index contributed by atoms with van der Waals surface area (Å²) in [4.78, 5) is 12.3. The monoisotopic (exact) mass is 440 g/mol. The second-order valence-corrected chi connectivity index (χ2v) is 8.81. The largest absolute Gasteiger partial charge is 0.379 e. The van der Waals surface area contributed by atoms with Crippen molar-refractivity contribution in [2.24, 2.45) is 0 Å². The fraction of sp³-hybridized carbons (Fsp3) is 0.211. The number of carbonyl (C=O) groups excluding carboxylic acids is 1. The molecule has 3 rings (SSSR count). The fourth-order valence-corrected chi connectivity index (χ4v) is 4.51. The summed E-state index contributed by atoms with van der Waals surface area (Å²) in [5.41, 5.74) is 1.14. The van der Waals surface area contributed by atoms with Crippen LogP contribution < -0.4 is 5.32 Å². The summed E-state index contributed by atoms with van der Waals surface area (Å²) in [6.45, 7) is 1.44. The van der Waals surface area contributed by atoms with Gasteiger partial charge in [0, 0.05) is 34.9 Å². The van der Waals surface area contributed by atoms with Crippen molar-refractivity contribution in [3.63, 3.8) is 0 Å². The van der Waals surface area contributed by atoms with E-state index in [2.05, 4.69) is 5.32 Å². The van der Waals surface area contributed by atoms with Crippen molar-refractivity contribution in [1.82, 2.24) is 4.31 Å². The highest BCUT2D eigenvalue weighted by atomic mass is 35.5. The van der Waals surface area contributed by atoms with Crippen LogP contribution in [0.2, 0.25) is 10.0 Å². The van der Waals surface area contributed by atoms with Crippen LogP contribution in [0, 0.1) is 0 Å². The Morgan fingerprint density at radius 2 is 1.75 bits per heavy atom. The summed E-state index contributed by atoms with van der Waals surface area (Å²) in [6, 6.07) is 11.0. The summed E-state index contributed by atoms with van der Waals surface area (Å²) in [7, 11) is -3.56. The molecule has 1 saturated heterocycles. The number of halogens is 2. The Kier molecular flexibility index (Phi) is 6.74. The first-order chi connectivity index (χ1) is 13.4. The average Bonchev–Trinajstić information content (AvgIpc) is 2.68. The van der Waals surface area contributed by atoms with Gasteiger partial charge in [0.1, 0.15) is 0 Å². The number of hydrogen-bond acceptors (Lipinski definition) is 4. The maximum Gasteiger partial charge on any atom is 0.248 e. The van der Waals surface area contributed by atoms with Gasteiger partial charge in [-0.05, 0) is 48.0 Å². The maximum absolute atomic E-state index is 12.6. The minimum atomic E-state index is -3.56. The first kappa shape index (κ1) is 20.8. The van der Waals surface area contributed by atoms with Gasteiger partial charge >= 0.3 is 0 Å². The molecule has 6 nitrogen and oxygen atoms in total. The number of nitrogens with one attached hydrogen (secondary N) is 1. The Hall–Kier alpha value is -1.90. The normalized spacial score (nSPS) is 15.6. The van der Waals surface area contributed by atoms with Crippen molar-refractivity contribution in [3.8, 4) is 0 Å². The topological polar surface area (TPSA) is 75.7 Å². The number of nitrogens with zero attached hydrogens (tertiary/aromatic N) is 1. The number of carbonyl (C=O) groups is 1. The van der Waals surface area contributed by atoms with Crippen molar-refractivity contribution in [3.05, 3.63) is 64.1 Å². The lowest BCUT2D eigenvalue weighted by Gasteiger charge is -2.26. The summed E-state index contributed by atoms with van der Waals surface area (Å²) < 4.78 is 31.8. The lowest BCUT2D eigenvalue weighted by Crippen LogP contribution is -2.40. The van der Waals surface area contributed by atoms with E-state index in [1.807, 2.05) is 0 Å². The van der Waals surface area contributed by atoms with Gasteiger partial charge in [0.15, 0.2) is 0 Å². The first-order valence-corrected chi connectivity index (χ1v) is 10.7. The molecule has 148 valence electrons. The Morgan fingerprint density at radius 1 is 1.07 bits per heavy atom. The molecule has 1 heterocycles. The average molecular weight is 441 g/mol. The molecule has 1 fully saturated rings. The van der Waals surface area contributed by atoms with Crippen LogP contribution in [0.1, 0.15) is 5.56 Å². The molecule has 0 bridgehead atoms. The quantitative estimate of drug-likeness (QED) is 0.719. The van der Waals surface area contributed by atoms with Gasteiger partial charge in [-0.25, -0.2) is 8.42 Å². The SMILES string of the molecule is O=C(/C=C/c1ccc(Cl)cc1Cl)Nc1ccc(S(=O)(=O)N2CCOCC2)cc1. The van der Waals surface area contributed by atoms with Crippen molar-refractivity contribution in [2.75, 3.05) is 31.6 Å². The lowest BCUT2D eigenvalue weighted by atomic mass is 10.2. The van der Waals surface area contributed by atoms with Crippen LogP contribution in [-0.2, 0) is 19.6 Å². The minimum Gasteiger partial charge on any atom is -0.379 e. The molecule has 0 unspecified atom stereocenters. The molecule has 0 aromatic heterocycles. The number of anilines is 1. The third kappa shape index (κ3) is 5.12. The second kappa shape index (κ2) is 9.07. The van der Waals surface area contributed by atoms with E-state index in [4.69, 9.17) is 27.9 Å². The van der Waals surface area contributed by atoms with Gasteiger partial charge in [-0.2, -0.15) is 4.31 Å². The van der Waals surface area contributed by atoms with Gasteiger partial charge in [-0.1, -0.05) is 29.3 Å². The number of hydrogen-bond donors (Lipinski definition) is 1. The molecule has 1 N–H and O–H groups in total. The number of rotatable bonds is 5. The van der Waals surface area contributed by atoms with E-state index in [0.29, 0.717) is 47.6 Å². The third-order valence-corrected chi connectivity index (χ3v) is 6.58. The smallest absolute Gasteiger partial charge is 0.248 e. The second-order valence-electron chi connectivity index (χ2n) is 6.03. The number of morpholine rings is 1. The molecule has 28 heavy (non-hydrogen) atoms. The fourth-order valence-electron chi connectivity index (χ4n) is 2.63. The molecular formula is C19H18Cl2N2O4S. The number of benzene rings is 2. The number of sulfonamides is 1. The number of amides is 1. The van der Waals surface area contributed by atoms with E-state index >= 15 is 0 Å². The van der Waals surface area contributed by atoms with Gasteiger partial charge in [0.25, 0.3) is 0 Å². The van der Waals surface area contributed by atoms with Crippen molar-refractivity contribution < 1.29 is 17.9 Å². The zero-order valence-electron chi connectivity index (χ0n) is 14.8. The summed E-state index contributed by atoms with van der Waals surface area (Å²) >= 11 is 11.9. The van der Waals surface area contributed by atoms with Crippen LogP contribution in [0.3, 0.4) is 0 Å². The molecule has 2 aromatic carbocycles. The van der Waals surface area contributed by atoms with Crippen molar-refractivity contribution in [1.29, 1.82) is 0 Å². The highest BCUT2D eigenvalue weighted by Crippen LogP contribution is 2.22. The van der Waals surface area contributed by atoms with E-state index < -0.39 is 10.0 Å². The van der Waals surface area contributed by atoms with Crippen LogP contribution in [0.25, 0.3) is 6.08 Å². The van der Waals surface area contributed by atoms with Crippen LogP contribution in [0.5, 0.6) is 0 Å². The Morgan fingerprint density at radius 3 is 2.39 bits per heavy atom.